The van der Waals surface area contributed by atoms with E-state index in [4.69, 9.17) is 28.2 Å². The zero-order valence-electron chi connectivity index (χ0n) is 19.8. The zero-order valence-corrected chi connectivity index (χ0v) is 22.9. The highest BCUT2D eigenvalue weighted by molar-refractivity contribution is 9.10. The molecule has 0 N–H and O–H groups in total. The molecule has 0 amide bonds. The number of nitrogens with zero attached hydrogens (tertiary/aromatic N) is 4. The van der Waals surface area contributed by atoms with Gasteiger partial charge in [-0.25, -0.2) is 4.98 Å². The standard InChI is InChI=1S/C28H23BrCl2N4O/c1-3-6-27-33-25-12-10-19(29)14-21(25)28(36)35(27)32-15-22-17(2)34(26-8-5-4-7-20(22)26)16-18-9-11-23(30)24(31)13-18/h4-5,7-15H,3,6,16H2,1-2H3. The summed E-state index contributed by atoms with van der Waals surface area (Å²) in [7, 11) is 0. The van der Waals surface area contributed by atoms with Crippen LogP contribution in [0.15, 0.2) is 75.0 Å². The molecule has 0 aliphatic heterocycles. The van der Waals surface area contributed by atoms with E-state index in [-0.39, 0.29) is 5.56 Å². The van der Waals surface area contributed by atoms with Crippen LogP contribution in [0, 0.1) is 6.92 Å². The van der Waals surface area contributed by atoms with E-state index >= 15 is 0 Å². The number of aromatic nitrogens is 3. The van der Waals surface area contributed by atoms with Gasteiger partial charge in [0.05, 0.1) is 27.2 Å². The highest BCUT2D eigenvalue weighted by Crippen LogP contribution is 2.28. The van der Waals surface area contributed by atoms with Gasteiger partial charge in [-0.15, -0.1) is 0 Å². The lowest BCUT2D eigenvalue weighted by Crippen LogP contribution is -2.22. The van der Waals surface area contributed by atoms with Gasteiger partial charge in [-0.1, -0.05) is 70.3 Å². The number of aryl methyl sites for hydroxylation is 1. The quantitative estimate of drug-likeness (QED) is 0.194. The zero-order chi connectivity index (χ0) is 25.4. The fourth-order valence-electron chi connectivity index (χ4n) is 4.46. The number of hydrogen-bond acceptors (Lipinski definition) is 3. The maximum absolute atomic E-state index is 13.4. The van der Waals surface area contributed by atoms with Crippen LogP contribution in [0.5, 0.6) is 0 Å². The second-order valence-electron chi connectivity index (χ2n) is 8.65. The molecule has 3 aromatic carbocycles. The van der Waals surface area contributed by atoms with Crippen molar-refractivity contribution in [1.82, 2.24) is 14.2 Å². The van der Waals surface area contributed by atoms with Crippen molar-refractivity contribution < 1.29 is 0 Å². The van der Waals surface area contributed by atoms with E-state index in [1.165, 1.54) is 4.68 Å². The first-order chi connectivity index (χ1) is 17.4. The van der Waals surface area contributed by atoms with Crippen molar-refractivity contribution in [1.29, 1.82) is 0 Å². The molecule has 0 aliphatic carbocycles. The Morgan fingerprint density at radius 3 is 2.61 bits per heavy atom. The maximum atomic E-state index is 13.4. The third-order valence-electron chi connectivity index (χ3n) is 6.26. The van der Waals surface area contributed by atoms with Gasteiger partial charge < -0.3 is 4.57 Å². The molecule has 2 heterocycles. The molecular formula is C28H23BrCl2N4O. The topological polar surface area (TPSA) is 52.2 Å². The second-order valence-corrected chi connectivity index (χ2v) is 10.4. The molecule has 0 saturated carbocycles. The summed E-state index contributed by atoms with van der Waals surface area (Å²) in [5, 5.41) is 7.33. The summed E-state index contributed by atoms with van der Waals surface area (Å²) < 4.78 is 4.48. The summed E-state index contributed by atoms with van der Waals surface area (Å²) in [6, 6.07) is 19.4. The average Bonchev–Trinajstić information content (AvgIpc) is 3.12. The lowest BCUT2D eigenvalue weighted by atomic mass is 10.1. The van der Waals surface area contributed by atoms with Crippen molar-refractivity contribution >= 4 is 67.2 Å². The average molecular weight is 582 g/mol. The van der Waals surface area contributed by atoms with Gasteiger partial charge in [0.2, 0.25) is 0 Å². The fourth-order valence-corrected chi connectivity index (χ4v) is 5.14. The Kier molecular flexibility index (Phi) is 7.02. The Morgan fingerprint density at radius 1 is 1.03 bits per heavy atom. The molecule has 0 radical (unpaired) electrons. The Bertz CT molecular complexity index is 1700. The molecule has 8 heteroatoms. The summed E-state index contributed by atoms with van der Waals surface area (Å²) >= 11 is 15.8. The summed E-state index contributed by atoms with van der Waals surface area (Å²) in [6.07, 6.45) is 3.28. The molecule has 0 unspecified atom stereocenters. The van der Waals surface area contributed by atoms with Crippen LogP contribution in [-0.2, 0) is 13.0 Å². The number of halogens is 3. The van der Waals surface area contributed by atoms with Crippen LogP contribution in [0.3, 0.4) is 0 Å². The van der Waals surface area contributed by atoms with Crippen LogP contribution in [0.2, 0.25) is 10.0 Å². The predicted molar refractivity (Wildman–Crippen MR) is 153 cm³/mol. The molecule has 0 bridgehead atoms. The monoisotopic (exact) mass is 580 g/mol. The van der Waals surface area contributed by atoms with Crippen LogP contribution in [0.25, 0.3) is 21.8 Å². The molecule has 182 valence electrons. The van der Waals surface area contributed by atoms with Gasteiger partial charge in [0.25, 0.3) is 5.56 Å². The van der Waals surface area contributed by atoms with Crippen LogP contribution >= 0.6 is 39.1 Å². The summed E-state index contributed by atoms with van der Waals surface area (Å²) in [5.41, 5.74) is 4.60. The first kappa shape index (κ1) is 24.8. The van der Waals surface area contributed by atoms with Crippen molar-refractivity contribution in [2.75, 3.05) is 0 Å². The SMILES string of the molecule is CCCc1nc2ccc(Br)cc2c(=O)n1N=Cc1c(C)n(Cc2ccc(Cl)c(Cl)c2)c2ccccc12. The largest absolute Gasteiger partial charge is 0.340 e. The minimum atomic E-state index is -0.182. The molecule has 0 saturated heterocycles. The van der Waals surface area contributed by atoms with Gasteiger partial charge in [0, 0.05) is 39.6 Å². The van der Waals surface area contributed by atoms with Crippen molar-refractivity contribution in [3.63, 3.8) is 0 Å². The summed E-state index contributed by atoms with van der Waals surface area (Å²) in [4.78, 5) is 18.2. The summed E-state index contributed by atoms with van der Waals surface area (Å²) in [5.74, 6) is 0.644. The molecule has 0 fully saturated rings. The van der Waals surface area contributed by atoms with Crippen molar-refractivity contribution in [3.8, 4) is 0 Å². The van der Waals surface area contributed by atoms with Gasteiger partial charge in [0.15, 0.2) is 0 Å². The molecule has 0 spiro atoms. The van der Waals surface area contributed by atoms with Crippen molar-refractivity contribution in [2.24, 2.45) is 5.10 Å². The lowest BCUT2D eigenvalue weighted by Gasteiger charge is -2.10. The first-order valence-electron chi connectivity index (χ1n) is 11.6. The number of para-hydroxylation sites is 1. The van der Waals surface area contributed by atoms with Gasteiger partial charge in [-0.05, 0) is 55.3 Å². The van der Waals surface area contributed by atoms with Crippen LogP contribution in [0.4, 0.5) is 0 Å². The van der Waals surface area contributed by atoms with E-state index < -0.39 is 0 Å². The number of fused-ring (bicyclic) bond motifs is 2. The highest BCUT2D eigenvalue weighted by atomic mass is 79.9. The minimum absolute atomic E-state index is 0.182. The van der Waals surface area contributed by atoms with Gasteiger partial charge in [0.1, 0.15) is 5.82 Å². The Morgan fingerprint density at radius 2 is 1.83 bits per heavy atom. The molecule has 36 heavy (non-hydrogen) atoms. The number of rotatable bonds is 6. The van der Waals surface area contributed by atoms with Crippen molar-refractivity contribution in [2.45, 2.75) is 33.2 Å². The number of hydrogen-bond donors (Lipinski definition) is 0. The molecule has 5 nitrogen and oxygen atoms in total. The Hall–Kier alpha value is -2.93. The lowest BCUT2D eigenvalue weighted by molar-refractivity contribution is 0.703. The van der Waals surface area contributed by atoms with Crippen LogP contribution in [0.1, 0.15) is 36.0 Å². The number of benzene rings is 3. The van der Waals surface area contributed by atoms with Crippen LogP contribution < -0.4 is 5.56 Å². The Labute approximate surface area is 227 Å². The molecular weight excluding hydrogens is 559 g/mol. The minimum Gasteiger partial charge on any atom is -0.340 e. The van der Waals surface area contributed by atoms with E-state index in [0.717, 1.165) is 38.6 Å². The molecule has 5 rings (SSSR count). The smallest absolute Gasteiger partial charge is 0.282 e. The van der Waals surface area contributed by atoms with Crippen LogP contribution in [-0.4, -0.2) is 20.4 Å². The normalized spacial score (nSPS) is 11.8. The van der Waals surface area contributed by atoms with Gasteiger partial charge in [-0.3, -0.25) is 4.79 Å². The van der Waals surface area contributed by atoms with E-state index in [2.05, 4.69) is 51.6 Å². The van der Waals surface area contributed by atoms with Gasteiger partial charge in [-0.2, -0.15) is 9.78 Å². The van der Waals surface area contributed by atoms with E-state index in [1.54, 1.807) is 12.3 Å². The Balaban J connectivity index is 1.64. The molecule has 0 atom stereocenters. The first-order valence-corrected chi connectivity index (χ1v) is 13.2. The summed E-state index contributed by atoms with van der Waals surface area (Å²) in [6.45, 7) is 4.75. The molecule has 0 aliphatic rings. The highest BCUT2D eigenvalue weighted by Gasteiger charge is 2.15. The van der Waals surface area contributed by atoms with E-state index in [9.17, 15) is 4.79 Å². The van der Waals surface area contributed by atoms with Gasteiger partial charge >= 0.3 is 0 Å². The van der Waals surface area contributed by atoms with Crippen molar-refractivity contribution in [3.05, 3.63) is 108 Å². The van der Waals surface area contributed by atoms with E-state index in [1.807, 2.05) is 42.5 Å². The molecule has 2 aromatic heterocycles. The predicted octanol–water partition coefficient (Wildman–Crippen LogP) is 7.61. The van der Waals surface area contributed by atoms with E-state index in [0.29, 0.717) is 39.7 Å². The second kappa shape index (κ2) is 10.2. The maximum Gasteiger partial charge on any atom is 0.282 e. The third-order valence-corrected chi connectivity index (χ3v) is 7.49. The third kappa shape index (κ3) is 4.61. The fraction of sp³-hybridized carbons (Fsp3) is 0.179. The molecule has 5 aromatic rings.